The van der Waals surface area contributed by atoms with Crippen LogP contribution in [0.2, 0.25) is 0 Å². The second-order valence-electron chi connectivity index (χ2n) is 5.14. The predicted octanol–water partition coefficient (Wildman–Crippen LogP) is 4.50. The van der Waals surface area contributed by atoms with Crippen LogP contribution in [-0.4, -0.2) is 6.54 Å². The van der Waals surface area contributed by atoms with E-state index in [0.717, 1.165) is 23.1 Å². The van der Waals surface area contributed by atoms with Crippen LogP contribution in [0.25, 0.3) is 0 Å². The molecule has 0 aliphatic rings. The first kappa shape index (κ1) is 14.1. The number of benzene rings is 1. The van der Waals surface area contributed by atoms with E-state index in [1.54, 1.807) is 0 Å². The van der Waals surface area contributed by atoms with Gasteiger partial charge < -0.3 is 5.32 Å². The maximum absolute atomic E-state index is 8.61. The summed E-state index contributed by atoms with van der Waals surface area (Å²) in [5.74, 6) is 0. The van der Waals surface area contributed by atoms with E-state index in [9.17, 15) is 0 Å². The SMILES string of the molecule is Cc1cc(NCC(C)(C)CCC#N)ccc1Br. The molecule has 0 fully saturated rings. The van der Waals surface area contributed by atoms with E-state index in [0.29, 0.717) is 6.42 Å². The Bertz CT molecular complexity index is 419. The van der Waals surface area contributed by atoms with Gasteiger partial charge in [0.15, 0.2) is 0 Å². The minimum Gasteiger partial charge on any atom is -0.385 e. The minimum absolute atomic E-state index is 0.150. The molecule has 0 spiro atoms. The summed E-state index contributed by atoms with van der Waals surface area (Å²) in [7, 11) is 0. The average molecular weight is 295 g/mol. The van der Waals surface area contributed by atoms with Crippen molar-refractivity contribution in [2.75, 3.05) is 11.9 Å². The third-order valence-electron chi connectivity index (χ3n) is 2.84. The first-order valence-electron chi connectivity index (χ1n) is 5.81. The lowest BCUT2D eigenvalue weighted by Crippen LogP contribution is -2.22. The van der Waals surface area contributed by atoms with Gasteiger partial charge in [-0.25, -0.2) is 0 Å². The Morgan fingerprint density at radius 2 is 2.12 bits per heavy atom. The van der Waals surface area contributed by atoms with Crippen molar-refractivity contribution in [2.45, 2.75) is 33.6 Å². The molecule has 1 aromatic carbocycles. The highest BCUT2D eigenvalue weighted by molar-refractivity contribution is 9.10. The Labute approximate surface area is 112 Å². The van der Waals surface area contributed by atoms with Crippen molar-refractivity contribution in [3.63, 3.8) is 0 Å². The Morgan fingerprint density at radius 3 is 2.71 bits per heavy atom. The maximum Gasteiger partial charge on any atom is 0.0621 e. The summed E-state index contributed by atoms with van der Waals surface area (Å²) in [6.45, 7) is 7.33. The standard InChI is InChI=1S/C14H19BrN2/c1-11-9-12(5-6-13(11)15)17-10-14(2,3)7-4-8-16/h5-6,9,17H,4,7,10H2,1-3H3. The van der Waals surface area contributed by atoms with E-state index < -0.39 is 0 Å². The van der Waals surface area contributed by atoms with Crippen LogP contribution in [0.4, 0.5) is 5.69 Å². The summed E-state index contributed by atoms with van der Waals surface area (Å²) in [5.41, 5.74) is 2.51. The summed E-state index contributed by atoms with van der Waals surface area (Å²) < 4.78 is 1.13. The van der Waals surface area contributed by atoms with Crippen molar-refractivity contribution < 1.29 is 0 Å². The maximum atomic E-state index is 8.61. The summed E-state index contributed by atoms with van der Waals surface area (Å²) in [5, 5.41) is 12.0. The number of nitrogens with zero attached hydrogens (tertiary/aromatic N) is 1. The van der Waals surface area contributed by atoms with Crippen LogP contribution in [0.1, 0.15) is 32.3 Å². The normalized spacial score (nSPS) is 11.0. The molecule has 1 rings (SSSR count). The van der Waals surface area contributed by atoms with Crippen molar-refractivity contribution in [1.29, 1.82) is 5.26 Å². The highest BCUT2D eigenvalue weighted by Gasteiger charge is 2.16. The molecule has 0 saturated heterocycles. The third kappa shape index (κ3) is 4.79. The van der Waals surface area contributed by atoms with Crippen molar-refractivity contribution in [3.05, 3.63) is 28.2 Å². The van der Waals surface area contributed by atoms with Crippen LogP contribution < -0.4 is 5.32 Å². The molecule has 0 unspecified atom stereocenters. The number of nitrogens with one attached hydrogen (secondary N) is 1. The average Bonchev–Trinajstić information content (AvgIpc) is 2.28. The Balaban J connectivity index is 2.55. The van der Waals surface area contributed by atoms with Crippen molar-refractivity contribution >= 4 is 21.6 Å². The lowest BCUT2D eigenvalue weighted by atomic mass is 9.88. The van der Waals surface area contributed by atoms with E-state index in [-0.39, 0.29) is 5.41 Å². The lowest BCUT2D eigenvalue weighted by molar-refractivity contribution is 0.364. The molecule has 17 heavy (non-hydrogen) atoms. The molecule has 0 aliphatic carbocycles. The van der Waals surface area contributed by atoms with Gasteiger partial charge in [0.2, 0.25) is 0 Å². The van der Waals surface area contributed by atoms with E-state index in [1.165, 1.54) is 5.56 Å². The monoisotopic (exact) mass is 294 g/mol. The fourth-order valence-corrected chi connectivity index (χ4v) is 1.83. The Kier molecular flexibility index (Phi) is 5.02. The Hall–Kier alpha value is -1.01. The zero-order valence-electron chi connectivity index (χ0n) is 10.7. The first-order chi connectivity index (χ1) is 7.94. The molecular formula is C14H19BrN2. The number of hydrogen-bond acceptors (Lipinski definition) is 2. The summed E-state index contributed by atoms with van der Waals surface area (Å²) in [6, 6.07) is 8.46. The molecule has 0 saturated carbocycles. The molecule has 1 aromatic rings. The van der Waals surface area contributed by atoms with Gasteiger partial charge in [-0.15, -0.1) is 0 Å². The number of nitriles is 1. The van der Waals surface area contributed by atoms with Crippen molar-refractivity contribution in [3.8, 4) is 6.07 Å². The van der Waals surface area contributed by atoms with E-state index in [2.05, 4.69) is 66.3 Å². The number of hydrogen-bond donors (Lipinski definition) is 1. The molecule has 0 aliphatic heterocycles. The van der Waals surface area contributed by atoms with Gasteiger partial charge in [-0.2, -0.15) is 5.26 Å². The smallest absolute Gasteiger partial charge is 0.0621 e. The lowest BCUT2D eigenvalue weighted by Gasteiger charge is -2.24. The van der Waals surface area contributed by atoms with Crippen LogP contribution in [-0.2, 0) is 0 Å². The van der Waals surface area contributed by atoms with Gasteiger partial charge in [0.1, 0.15) is 0 Å². The third-order valence-corrected chi connectivity index (χ3v) is 3.73. The van der Waals surface area contributed by atoms with Gasteiger partial charge in [0.05, 0.1) is 6.07 Å². The molecule has 0 heterocycles. The van der Waals surface area contributed by atoms with Crippen LogP contribution in [0.5, 0.6) is 0 Å². The van der Waals surface area contributed by atoms with E-state index in [1.807, 2.05) is 0 Å². The number of rotatable bonds is 5. The molecule has 3 heteroatoms. The highest BCUT2D eigenvalue weighted by atomic mass is 79.9. The second kappa shape index (κ2) is 6.07. The van der Waals surface area contributed by atoms with Crippen LogP contribution in [0.3, 0.4) is 0 Å². The molecule has 0 amide bonds. The van der Waals surface area contributed by atoms with Crippen LogP contribution >= 0.6 is 15.9 Å². The van der Waals surface area contributed by atoms with Crippen molar-refractivity contribution in [2.24, 2.45) is 5.41 Å². The molecule has 92 valence electrons. The Morgan fingerprint density at radius 1 is 1.41 bits per heavy atom. The predicted molar refractivity (Wildman–Crippen MR) is 76.0 cm³/mol. The first-order valence-corrected chi connectivity index (χ1v) is 6.61. The minimum atomic E-state index is 0.150. The molecular weight excluding hydrogens is 276 g/mol. The fourth-order valence-electron chi connectivity index (χ4n) is 1.58. The molecule has 0 radical (unpaired) electrons. The van der Waals surface area contributed by atoms with Gasteiger partial charge in [-0.3, -0.25) is 0 Å². The molecule has 0 aromatic heterocycles. The number of halogens is 1. The molecule has 0 bridgehead atoms. The van der Waals surface area contributed by atoms with Gasteiger partial charge in [-0.05, 0) is 42.5 Å². The highest BCUT2D eigenvalue weighted by Crippen LogP contribution is 2.24. The van der Waals surface area contributed by atoms with Gasteiger partial charge in [-0.1, -0.05) is 29.8 Å². The molecule has 1 N–H and O–H groups in total. The second-order valence-corrected chi connectivity index (χ2v) is 5.99. The van der Waals surface area contributed by atoms with E-state index in [4.69, 9.17) is 5.26 Å². The topological polar surface area (TPSA) is 35.8 Å². The van der Waals surface area contributed by atoms with E-state index >= 15 is 0 Å². The zero-order valence-corrected chi connectivity index (χ0v) is 12.3. The molecule has 2 nitrogen and oxygen atoms in total. The van der Waals surface area contributed by atoms with Crippen molar-refractivity contribution in [1.82, 2.24) is 0 Å². The summed E-state index contributed by atoms with van der Waals surface area (Å²) >= 11 is 3.49. The number of aryl methyl sites for hydroxylation is 1. The van der Waals surface area contributed by atoms with Crippen LogP contribution in [0.15, 0.2) is 22.7 Å². The molecule has 0 atom stereocenters. The van der Waals surface area contributed by atoms with Gasteiger partial charge >= 0.3 is 0 Å². The quantitative estimate of drug-likeness (QED) is 0.868. The van der Waals surface area contributed by atoms with Gasteiger partial charge in [0.25, 0.3) is 0 Å². The fraction of sp³-hybridized carbons (Fsp3) is 0.500. The summed E-state index contributed by atoms with van der Waals surface area (Å²) in [6.07, 6.45) is 1.54. The van der Waals surface area contributed by atoms with Crippen LogP contribution in [0, 0.1) is 23.7 Å². The number of anilines is 1. The largest absolute Gasteiger partial charge is 0.385 e. The van der Waals surface area contributed by atoms with Gasteiger partial charge in [0, 0.05) is 23.1 Å². The zero-order chi connectivity index (χ0) is 12.9. The summed E-state index contributed by atoms with van der Waals surface area (Å²) in [4.78, 5) is 0.